The molecule has 1 N–H and O–H groups in total. The second kappa shape index (κ2) is 4.34. The van der Waals surface area contributed by atoms with Gasteiger partial charge in [0.2, 0.25) is 5.05 Å². The maximum Gasteiger partial charge on any atom is 0.203 e. The Kier molecular flexibility index (Phi) is 2.67. The van der Waals surface area contributed by atoms with Crippen LogP contribution >= 0.6 is 12.2 Å². The van der Waals surface area contributed by atoms with Gasteiger partial charge in [0.25, 0.3) is 0 Å². The third-order valence-electron chi connectivity index (χ3n) is 2.82. The van der Waals surface area contributed by atoms with E-state index in [1.807, 2.05) is 12.1 Å². The zero-order valence-corrected chi connectivity index (χ0v) is 10.2. The van der Waals surface area contributed by atoms with E-state index in [1.54, 1.807) is 6.07 Å². The fourth-order valence-corrected chi connectivity index (χ4v) is 2.09. The van der Waals surface area contributed by atoms with E-state index in [0.717, 1.165) is 29.0 Å². The summed E-state index contributed by atoms with van der Waals surface area (Å²) in [5.74, 6) is 0. The zero-order chi connectivity index (χ0) is 12.5. The molecule has 3 rings (SSSR count). The Morgan fingerprint density at radius 3 is 3.06 bits per heavy atom. The number of rotatable bonds is 3. The molecule has 92 valence electrons. The molecule has 2 heterocycles. The van der Waals surface area contributed by atoms with Gasteiger partial charge in [-0.25, -0.2) is 0 Å². The number of hydrogen-bond acceptors (Lipinski definition) is 6. The number of aryl methyl sites for hydroxylation is 1. The van der Waals surface area contributed by atoms with Crippen molar-refractivity contribution in [3.8, 4) is 0 Å². The number of thiocarbonyl (C=S) groups is 1. The Hall–Kier alpha value is -2.02. The van der Waals surface area contributed by atoms with Crippen LogP contribution in [0.1, 0.15) is 18.4 Å². The van der Waals surface area contributed by atoms with Crippen molar-refractivity contribution in [3.05, 3.63) is 23.8 Å². The first-order chi connectivity index (χ1) is 8.72. The van der Waals surface area contributed by atoms with Crippen molar-refractivity contribution in [1.82, 2.24) is 15.2 Å². The lowest BCUT2D eigenvalue weighted by molar-refractivity contribution is 0.155. The number of fused-ring (bicyclic) bond motifs is 1. The SMILES string of the molecule is On1nnc2cc(CCC3=NOC(=S)C3)ccc21. The number of benzene rings is 1. The molecule has 1 aliphatic heterocycles. The lowest BCUT2D eigenvalue weighted by Gasteiger charge is -2.00. The Labute approximate surface area is 108 Å². The molecule has 6 nitrogen and oxygen atoms in total. The van der Waals surface area contributed by atoms with Crippen molar-refractivity contribution in [2.24, 2.45) is 5.16 Å². The largest absolute Gasteiger partial charge is 0.410 e. The molecule has 0 amide bonds. The quantitative estimate of drug-likeness (QED) is 0.673. The Bertz CT molecular complexity index is 650. The first-order valence-electron chi connectivity index (χ1n) is 5.51. The van der Waals surface area contributed by atoms with E-state index in [1.165, 1.54) is 0 Å². The topological polar surface area (TPSA) is 72.5 Å². The van der Waals surface area contributed by atoms with Gasteiger partial charge in [-0.05, 0) is 48.0 Å². The van der Waals surface area contributed by atoms with Crippen LogP contribution in [0.2, 0.25) is 0 Å². The van der Waals surface area contributed by atoms with Crippen LogP contribution in [0.5, 0.6) is 0 Å². The smallest absolute Gasteiger partial charge is 0.203 e. The van der Waals surface area contributed by atoms with Crippen molar-refractivity contribution < 1.29 is 10.0 Å². The van der Waals surface area contributed by atoms with E-state index < -0.39 is 0 Å². The average molecular weight is 262 g/mol. The molecule has 0 saturated carbocycles. The maximum absolute atomic E-state index is 9.33. The van der Waals surface area contributed by atoms with E-state index >= 15 is 0 Å². The minimum absolute atomic E-state index is 0.531. The molecule has 0 bridgehead atoms. The molecule has 1 aliphatic rings. The highest BCUT2D eigenvalue weighted by Gasteiger charge is 2.14. The van der Waals surface area contributed by atoms with Gasteiger partial charge in [-0.2, -0.15) is 0 Å². The van der Waals surface area contributed by atoms with Gasteiger partial charge in [0.1, 0.15) is 11.0 Å². The Morgan fingerprint density at radius 2 is 2.28 bits per heavy atom. The second-order valence-corrected chi connectivity index (χ2v) is 4.55. The van der Waals surface area contributed by atoms with Gasteiger partial charge in [-0.1, -0.05) is 16.1 Å². The fraction of sp³-hybridized carbons (Fsp3) is 0.273. The molecule has 0 aliphatic carbocycles. The van der Waals surface area contributed by atoms with Crippen LogP contribution in [-0.4, -0.2) is 31.1 Å². The minimum atomic E-state index is 0.531. The minimum Gasteiger partial charge on any atom is -0.410 e. The van der Waals surface area contributed by atoms with E-state index in [0.29, 0.717) is 22.5 Å². The van der Waals surface area contributed by atoms with Crippen molar-refractivity contribution >= 4 is 34.0 Å². The van der Waals surface area contributed by atoms with Gasteiger partial charge >= 0.3 is 0 Å². The van der Waals surface area contributed by atoms with E-state index in [2.05, 4.69) is 15.5 Å². The van der Waals surface area contributed by atoms with Crippen LogP contribution in [0, 0.1) is 0 Å². The molecule has 2 aromatic rings. The molecule has 0 spiro atoms. The van der Waals surface area contributed by atoms with Crippen LogP contribution < -0.4 is 0 Å². The van der Waals surface area contributed by atoms with Crippen LogP contribution in [0.4, 0.5) is 0 Å². The molecule has 0 atom stereocenters. The van der Waals surface area contributed by atoms with Gasteiger partial charge in [-0.15, -0.1) is 5.10 Å². The first-order valence-corrected chi connectivity index (χ1v) is 5.92. The van der Waals surface area contributed by atoms with E-state index in [9.17, 15) is 5.21 Å². The normalized spacial score (nSPS) is 14.9. The van der Waals surface area contributed by atoms with Gasteiger partial charge in [0.05, 0.1) is 12.1 Å². The molecule has 0 radical (unpaired) electrons. The summed E-state index contributed by atoms with van der Waals surface area (Å²) in [4.78, 5) is 5.66. The van der Waals surface area contributed by atoms with Gasteiger partial charge in [0.15, 0.2) is 0 Å². The lowest BCUT2D eigenvalue weighted by atomic mass is 10.1. The van der Waals surface area contributed by atoms with Crippen molar-refractivity contribution in [2.75, 3.05) is 0 Å². The summed E-state index contributed by atoms with van der Waals surface area (Å²) >= 11 is 4.91. The van der Waals surface area contributed by atoms with Crippen molar-refractivity contribution in [3.63, 3.8) is 0 Å². The highest BCUT2D eigenvalue weighted by molar-refractivity contribution is 7.80. The summed E-state index contributed by atoms with van der Waals surface area (Å²) in [5, 5.41) is 21.2. The van der Waals surface area contributed by atoms with Crippen LogP contribution in [0.15, 0.2) is 23.4 Å². The van der Waals surface area contributed by atoms with Gasteiger partial charge in [-0.3, -0.25) is 0 Å². The molecule has 0 unspecified atom stereocenters. The first kappa shape index (κ1) is 11.1. The predicted molar refractivity (Wildman–Crippen MR) is 68.8 cm³/mol. The van der Waals surface area contributed by atoms with Crippen molar-refractivity contribution in [2.45, 2.75) is 19.3 Å². The number of aromatic nitrogens is 3. The number of hydrogen-bond donors (Lipinski definition) is 1. The Balaban J connectivity index is 1.73. The summed E-state index contributed by atoms with van der Waals surface area (Å²) < 4.78 is 0. The molecule has 0 fully saturated rings. The summed E-state index contributed by atoms with van der Waals surface area (Å²) in [5.41, 5.74) is 3.35. The standard InChI is InChI=1S/C11H10N4O2S/c16-15-10-4-2-7(5-9(10)12-14-15)1-3-8-6-11(18)17-13-8/h2,4-5,16H,1,3,6H2. The zero-order valence-electron chi connectivity index (χ0n) is 9.41. The number of oxime groups is 1. The monoisotopic (exact) mass is 262 g/mol. The highest BCUT2D eigenvalue weighted by Crippen LogP contribution is 2.15. The third kappa shape index (κ3) is 2.04. The lowest BCUT2D eigenvalue weighted by Crippen LogP contribution is -1.99. The van der Waals surface area contributed by atoms with E-state index in [4.69, 9.17) is 17.1 Å². The molecular formula is C11H10N4O2S. The molecule has 1 aromatic heterocycles. The van der Waals surface area contributed by atoms with Gasteiger partial charge < -0.3 is 10.0 Å². The third-order valence-corrected chi connectivity index (χ3v) is 3.04. The molecule has 1 aromatic carbocycles. The summed E-state index contributed by atoms with van der Waals surface area (Å²) in [6, 6.07) is 5.64. The summed E-state index contributed by atoms with van der Waals surface area (Å²) in [7, 11) is 0. The van der Waals surface area contributed by atoms with Gasteiger partial charge in [0, 0.05) is 0 Å². The number of nitrogens with zero attached hydrogens (tertiary/aromatic N) is 4. The highest BCUT2D eigenvalue weighted by atomic mass is 32.1. The van der Waals surface area contributed by atoms with E-state index in [-0.39, 0.29) is 0 Å². The molecule has 0 saturated heterocycles. The maximum atomic E-state index is 9.33. The van der Waals surface area contributed by atoms with Crippen LogP contribution in [0.25, 0.3) is 11.0 Å². The van der Waals surface area contributed by atoms with Crippen LogP contribution in [-0.2, 0) is 11.3 Å². The Morgan fingerprint density at radius 1 is 1.39 bits per heavy atom. The molecule has 7 heteroatoms. The summed E-state index contributed by atoms with van der Waals surface area (Å²) in [6.07, 6.45) is 2.28. The van der Waals surface area contributed by atoms with Crippen LogP contribution in [0.3, 0.4) is 0 Å². The second-order valence-electron chi connectivity index (χ2n) is 4.10. The summed E-state index contributed by atoms with van der Waals surface area (Å²) in [6.45, 7) is 0. The predicted octanol–water partition coefficient (Wildman–Crippen LogP) is 1.70. The van der Waals surface area contributed by atoms with Crippen molar-refractivity contribution in [1.29, 1.82) is 0 Å². The molecular weight excluding hydrogens is 252 g/mol. The average Bonchev–Trinajstić information content (AvgIpc) is 2.94. The molecule has 18 heavy (non-hydrogen) atoms. The fourth-order valence-electron chi connectivity index (χ4n) is 1.88.